The number of rotatable bonds is 3. The van der Waals surface area contributed by atoms with Crippen LogP contribution in [-0.2, 0) is 16.6 Å². The molecule has 0 N–H and O–H groups in total. The van der Waals surface area contributed by atoms with Crippen LogP contribution in [0.1, 0.15) is 17.3 Å². The van der Waals surface area contributed by atoms with Gasteiger partial charge in [0.2, 0.25) is 5.89 Å². The fraction of sp³-hybridized carbons (Fsp3) is 0.231. The zero-order chi connectivity index (χ0) is 14.2. The van der Waals surface area contributed by atoms with E-state index in [0.717, 1.165) is 23.0 Å². The van der Waals surface area contributed by atoms with Crippen LogP contribution in [0, 0.1) is 0 Å². The topological polar surface area (TPSA) is 52.1 Å². The van der Waals surface area contributed by atoms with Gasteiger partial charge < -0.3 is 8.83 Å². The number of aryl methyl sites for hydroxylation is 2. The van der Waals surface area contributed by atoms with Crippen LogP contribution in [0.3, 0.4) is 0 Å². The maximum Gasteiger partial charge on any atom is 0.268 e. The molecule has 0 saturated heterocycles. The van der Waals surface area contributed by atoms with Crippen LogP contribution in [0.15, 0.2) is 39.4 Å². The van der Waals surface area contributed by atoms with Crippen molar-refractivity contribution >= 4 is 45.8 Å². The lowest BCUT2D eigenvalue weighted by Gasteiger charge is -2.02. The molecule has 4 nitrogen and oxygen atoms in total. The maximum absolute atomic E-state index is 5.66. The molecule has 0 bridgehead atoms. The molecule has 7 heteroatoms. The second-order valence-corrected chi connectivity index (χ2v) is 6.57. The quantitative estimate of drug-likeness (QED) is 0.666. The maximum atomic E-state index is 5.66. The lowest BCUT2D eigenvalue weighted by molar-refractivity contribution is 0.454. The molecular formula is C13H9Cl3N2O2. The van der Waals surface area contributed by atoms with Gasteiger partial charge in [0.15, 0.2) is 0 Å². The molecule has 3 aromatic rings. The summed E-state index contributed by atoms with van der Waals surface area (Å²) in [6, 6.07) is 7.95. The minimum Gasteiger partial charge on any atom is -0.464 e. The molecule has 0 aliphatic carbocycles. The second kappa shape index (κ2) is 5.28. The smallest absolute Gasteiger partial charge is 0.268 e. The summed E-state index contributed by atoms with van der Waals surface area (Å²) in [4.78, 5) is 0. The number of halogens is 3. The average Bonchev–Trinajstić information content (AvgIpc) is 3.04. The molecule has 3 rings (SSSR count). The molecule has 0 atom stereocenters. The Morgan fingerprint density at radius 1 is 1.05 bits per heavy atom. The van der Waals surface area contributed by atoms with Crippen molar-refractivity contribution in [2.24, 2.45) is 0 Å². The van der Waals surface area contributed by atoms with Crippen molar-refractivity contribution in [1.82, 2.24) is 10.2 Å². The summed E-state index contributed by atoms with van der Waals surface area (Å²) >= 11 is 17.0. The van der Waals surface area contributed by atoms with Crippen LogP contribution in [0.5, 0.6) is 0 Å². The molecule has 0 radical (unpaired) electrons. The highest BCUT2D eigenvalue weighted by molar-refractivity contribution is 6.66. The zero-order valence-corrected chi connectivity index (χ0v) is 12.4. The molecule has 2 aromatic heterocycles. The predicted molar refractivity (Wildman–Crippen MR) is 77.2 cm³/mol. The van der Waals surface area contributed by atoms with Gasteiger partial charge in [-0.05, 0) is 24.1 Å². The summed E-state index contributed by atoms with van der Waals surface area (Å²) < 4.78 is 8.97. The first-order chi connectivity index (χ1) is 9.52. The molecule has 2 heterocycles. The standard InChI is InChI=1S/C13H9Cl3N2O2/c14-13(15,16)12-18-17-11(20-12)4-2-8-1-3-9-5-6-19-10(9)7-8/h1,3,5-7H,2,4H2. The number of hydrogen-bond donors (Lipinski definition) is 0. The Hall–Kier alpha value is -1.23. The number of fused-ring (bicyclic) bond motifs is 1. The summed E-state index contributed by atoms with van der Waals surface area (Å²) in [5.74, 6) is 0.421. The predicted octanol–water partition coefficient (Wildman–Crippen LogP) is 4.43. The molecule has 0 fully saturated rings. The average molecular weight is 332 g/mol. The SMILES string of the molecule is ClC(Cl)(Cl)c1nnc(CCc2ccc3ccoc3c2)o1. The number of alkyl halides is 3. The highest BCUT2D eigenvalue weighted by Crippen LogP contribution is 2.37. The Labute approximate surface area is 129 Å². The molecule has 0 aliphatic heterocycles. The summed E-state index contributed by atoms with van der Waals surface area (Å²) in [5, 5.41) is 8.64. The molecule has 0 spiro atoms. The molecule has 104 valence electrons. The monoisotopic (exact) mass is 330 g/mol. The molecular weight excluding hydrogens is 323 g/mol. The van der Waals surface area contributed by atoms with Crippen LogP contribution in [0.2, 0.25) is 0 Å². The summed E-state index contributed by atoms with van der Waals surface area (Å²) in [5.41, 5.74) is 1.97. The summed E-state index contributed by atoms with van der Waals surface area (Å²) in [7, 11) is 0. The number of aromatic nitrogens is 2. The van der Waals surface area contributed by atoms with Crippen LogP contribution < -0.4 is 0 Å². The highest BCUT2D eigenvalue weighted by Gasteiger charge is 2.30. The molecule has 20 heavy (non-hydrogen) atoms. The number of benzene rings is 1. The van der Waals surface area contributed by atoms with Gasteiger partial charge in [-0.15, -0.1) is 10.2 Å². The van der Waals surface area contributed by atoms with Gasteiger partial charge in [-0.3, -0.25) is 0 Å². The third-order valence-corrected chi connectivity index (χ3v) is 3.34. The van der Waals surface area contributed by atoms with Gasteiger partial charge in [-0.25, -0.2) is 0 Å². The van der Waals surface area contributed by atoms with E-state index in [9.17, 15) is 0 Å². The van der Waals surface area contributed by atoms with Gasteiger partial charge in [0.25, 0.3) is 9.68 Å². The zero-order valence-electron chi connectivity index (χ0n) is 10.1. The normalized spacial score (nSPS) is 12.2. The van der Waals surface area contributed by atoms with Crippen molar-refractivity contribution < 1.29 is 8.83 Å². The number of nitrogens with zero attached hydrogens (tertiary/aromatic N) is 2. The fourth-order valence-corrected chi connectivity index (χ4v) is 2.10. The van der Waals surface area contributed by atoms with Crippen molar-refractivity contribution in [3.05, 3.63) is 47.9 Å². The van der Waals surface area contributed by atoms with E-state index in [1.165, 1.54) is 0 Å². The van der Waals surface area contributed by atoms with E-state index in [2.05, 4.69) is 10.2 Å². The molecule has 0 unspecified atom stereocenters. The lowest BCUT2D eigenvalue weighted by Crippen LogP contribution is -1.99. The highest BCUT2D eigenvalue weighted by atomic mass is 35.6. The Kier molecular flexibility index (Phi) is 3.63. The van der Waals surface area contributed by atoms with E-state index < -0.39 is 3.79 Å². The summed E-state index contributed by atoms with van der Waals surface area (Å²) in [6.45, 7) is 0. The first-order valence-corrected chi connectivity index (χ1v) is 7.01. The number of furan rings is 1. The van der Waals surface area contributed by atoms with Gasteiger partial charge >= 0.3 is 0 Å². The van der Waals surface area contributed by atoms with E-state index in [0.29, 0.717) is 12.3 Å². The van der Waals surface area contributed by atoms with Crippen LogP contribution in [-0.4, -0.2) is 10.2 Å². The Balaban J connectivity index is 1.71. The van der Waals surface area contributed by atoms with Gasteiger partial charge in [0.05, 0.1) is 6.26 Å². The Morgan fingerprint density at radius 3 is 2.65 bits per heavy atom. The Bertz CT molecular complexity index is 730. The van der Waals surface area contributed by atoms with Crippen molar-refractivity contribution in [3.8, 4) is 0 Å². The lowest BCUT2D eigenvalue weighted by atomic mass is 10.1. The Morgan fingerprint density at radius 2 is 1.90 bits per heavy atom. The molecule has 0 saturated carbocycles. The van der Waals surface area contributed by atoms with E-state index in [1.54, 1.807) is 6.26 Å². The van der Waals surface area contributed by atoms with Gasteiger partial charge in [-0.1, -0.05) is 46.9 Å². The van der Waals surface area contributed by atoms with Crippen molar-refractivity contribution in [2.45, 2.75) is 16.6 Å². The largest absolute Gasteiger partial charge is 0.464 e. The van der Waals surface area contributed by atoms with E-state index in [1.807, 2.05) is 24.3 Å². The van der Waals surface area contributed by atoms with Crippen molar-refractivity contribution in [3.63, 3.8) is 0 Å². The fourth-order valence-electron chi connectivity index (χ4n) is 1.88. The number of hydrogen-bond acceptors (Lipinski definition) is 4. The van der Waals surface area contributed by atoms with E-state index in [-0.39, 0.29) is 5.89 Å². The van der Waals surface area contributed by atoms with Crippen LogP contribution in [0.25, 0.3) is 11.0 Å². The van der Waals surface area contributed by atoms with Crippen molar-refractivity contribution in [1.29, 1.82) is 0 Å². The third-order valence-electron chi connectivity index (χ3n) is 2.86. The van der Waals surface area contributed by atoms with Crippen molar-refractivity contribution in [2.75, 3.05) is 0 Å². The second-order valence-electron chi connectivity index (χ2n) is 4.29. The minimum absolute atomic E-state index is 0.0148. The van der Waals surface area contributed by atoms with Crippen LogP contribution >= 0.6 is 34.8 Å². The van der Waals surface area contributed by atoms with Gasteiger partial charge in [0.1, 0.15) is 5.58 Å². The van der Waals surface area contributed by atoms with E-state index in [4.69, 9.17) is 43.6 Å². The first kappa shape index (κ1) is 13.7. The molecule has 0 aliphatic rings. The molecule has 1 aromatic carbocycles. The van der Waals surface area contributed by atoms with Gasteiger partial charge in [-0.2, -0.15) is 0 Å². The summed E-state index contributed by atoms with van der Waals surface area (Å²) in [6.07, 6.45) is 2.97. The van der Waals surface area contributed by atoms with Crippen LogP contribution in [0.4, 0.5) is 0 Å². The van der Waals surface area contributed by atoms with E-state index >= 15 is 0 Å². The molecule has 0 amide bonds. The van der Waals surface area contributed by atoms with Gasteiger partial charge in [0, 0.05) is 11.8 Å². The first-order valence-electron chi connectivity index (χ1n) is 5.88. The third kappa shape index (κ3) is 2.92. The minimum atomic E-state index is -1.68.